The van der Waals surface area contributed by atoms with Crippen molar-refractivity contribution in [2.45, 2.75) is 44.2 Å². The van der Waals surface area contributed by atoms with Gasteiger partial charge in [0.15, 0.2) is 0 Å². The van der Waals surface area contributed by atoms with Crippen LogP contribution in [0.3, 0.4) is 0 Å². The normalized spacial score (nSPS) is 24.7. The van der Waals surface area contributed by atoms with Gasteiger partial charge in [0.2, 0.25) is 0 Å². The molecule has 0 saturated carbocycles. The van der Waals surface area contributed by atoms with Gasteiger partial charge in [-0.3, -0.25) is 0 Å². The number of piperidine rings is 2. The lowest BCUT2D eigenvalue weighted by Crippen LogP contribution is -2.49. The van der Waals surface area contributed by atoms with Crippen LogP contribution in [0.5, 0.6) is 0 Å². The average molecular weight is 356 g/mol. The molecule has 2 aliphatic heterocycles. The molecule has 0 bridgehead atoms. The molecule has 138 valence electrons. The van der Waals surface area contributed by atoms with Crippen molar-refractivity contribution in [3.05, 3.63) is 47.8 Å². The van der Waals surface area contributed by atoms with Crippen LogP contribution in [0.4, 0.5) is 9.18 Å². The van der Waals surface area contributed by atoms with Gasteiger partial charge in [0, 0.05) is 12.6 Å². The largest absolute Gasteiger partial charge is 0.465 e. The summed E-state index contributed by atoms with van der Waals surface area (Å²) in [6, 6.07) is 10.9. The highest BCUT2D eigenvalue weighted by atomic mass is 19.1. The van der Waals surface area contributed by atoms with Crippen LogP contribution in [0.1, 0.15) is 43.7 Å². The number of fused-ring (bicyclic) bond motifs is 1. The van der Waals surface area contributed by atoms with Crippen molar-refractivity contribution in [3.8, 4) is 0 Å². The maximum Gasteiger partial charge on any atom is 0.407 e. The number of hydrogen-bond acceptors (Lipinski definition) is 2. The molecule has 2 unspecified atom stereocenters. The predicted octanol–water partition coefficient (Wildman–Crippen LogP) is 4.65. The standard InChI is InChI=1S/C21H25FN2O2/c22-18-7-6-15-12-17(5-4-16(15)13-18)20-14-19(8-11-24(20)21(25)26)23-9-2-1-3-10-23/h4-7,12-13,19-20H,1-3,8-11,14H2,(H,25,26). The first-order valence-corrected chi connectivity index (χ1v) is 9.54. The second kappa shape index (κ2) is 7.23. The van der Waals surface area contributed by atoms with Gasteiger partial charge in [0.25, 0.3) is 0 Å². The Hall–Kier alpha value is -2.14. The van der Waals surface area contributed by atoms with E-state index in [-0.39, 0.29) is 11.9 Å². The molecule has 4 nitrogen and oxygen atoms in total. The zero-order valence-corrected chi connectivity index (χ0v) is 14.9. The van der Waals surface area contributed by atoms with E-state index >= 15 is 0 Å². The van der Waals surface area contributed by atoms with Crippen molar-refractivity contribution in [2.24, 2.45) is 0 Å². The van der Waals surface area contributed by atoms with Gasteiger partial charge in [-0.25, -0.2) is 9.18 Å². The van der Waals surface area contributed by atoms with Crippen LogP contribution >= 0.6 is 0 Å². The van der Waals surface area contributed by atoms with E-state index in [1.807, 2.05) is 18.2 Å². The van der Waals surface area contributed by atoms with E-state index in [0.29, 0.717) is 12.6 Å². The minimum atomic E-state index is -0.855. The summed E-state index contributed by atoms with van der Waals surface area (Å²) in [6.07, 6.45) is 4.66. The fourth-order valence-electron chi connectivity index (χ4n) is 4.55. The summed E-state index contributed by atoms with van der Waals surface area (Å²) in [5, 5.41) is 11.5. The lowest BCUT2D eigenvalue weighted by Gasteiger charge is -2.43. The molecule has 26 heavy (non-hydrogen) atoms. The average Bonchev–Trinajstić information content (AvgIpc) is 2.67. The molecule has 1 N–H and O–H groups in total. The molecule has 2 fully saturated rings. The van der Waals surface area contributed by atoms with E-state index in [0.717, 1.165) is 42.3 Å². The number of benzene rings is 2. The Labute approximate surface area is 153 Å². The summed E-state index contributed by atoms with van der Waals surface area (Å²) in [6.45, 7) is 2.82. The van der Waals surface area contributed by atoms with E-state index in [2.05, 4.69) is 4.90 Å². The fourth-order valence-corrected chi connectivity index (χ4v) is 4.55. The summed E-state index contributed by atoms with van der Waals surface area (Å²) in [4.78, 5) is 15.9. The molecular formula is C21H25FN2O2. The minimum absolute atomic E-state index is 0.136. The summed E-state index contributed by atoms with van der Waals surface area (Å²) in [5.74, 6) is -0.250. The third-order valence-corrected chi connectivity index (χ3v) is 5.94. The van der Waals surface area contributed by atoms with E-state index in [1.54, 1.807) is 11.0 Å². The smallest absolute Gasteiger partial charge is 0.407 e. The Bertz CT molecular complexity index is 804. The van der Waals surface area contributed by atoms with Crippen molar-refractivity contribution < 1.29 is 14.3 Å². The van der Waals surface area contributed by atoms with Crippen molar-refractivity contribution in [1.29, 1.82) is 0 Å². The fraction of sp³-hybridized carbons (Fsp3) is 0.476. The molecule has 5 heteroatoms. The zero-order valence-electron chi connectivity index (χ0n) is 14.9. The Morgan fingerprint density at radius 1 is 1.00 bits per heavy atom. The predicted molar refractivity (Wildman–Crippen MR) is 99.8 cm³/mol. The number of nitrogens with zero attached hydrogens (tertiary/aromatic N) is 2. The van der Waals surface area contributed by atoms with Crippen molar-refractivity contribution in [2.75, 3.05) is 19.6 Å². The summed E-state index contributed by atoms with van der Waals surface area (Å²) < 4.78 is 13.4. The molecule has 2 atom stereocenters. The van der Waals surface area contributed by atoms with E-state index in [9.17, 15) is 14.3 Å². The van der Waals surface area contributed by atoms with Gasteiger partial charge in [0.05, 0.1) is 6.04 Å². The van der Waals surface area contributed by atoms with E-state index in [1.165, 1.54) is 31.4 Å². The lowest BCUT2D eigenvalue weighted by atomic mass is 9.89. The third kappa shape index (κ3) is 3.40. The highest BCUT2D eigenvalue weighted by Crippen LogP contribution is 2.35. The van der Waals surface area contributed by atoms with Gasteiger partial charge >= 0.3 is 6.09 Å². The van der Waals surface area contributed by atoms with Gasteiger partial charge in [-0.2, -0.15) is 0 Å². The summed E-state index contributed by atoms with van der Waals surface area (Å²) >= 11 is 0. The lowest BCUT2D eigenvalue weighted by molar-refractivity contribution is 0.0533. The van der Waals surface area contributed by atoms with Crippen LogP contribution in [-0.4, -0.2) is 46.7 Å². The molecule has 0 spiro atoms. The highest BCUT2D eigenvalue weighted by molar-refractivity contribution is 5.83. The number of carboxylic acid groups (broad SMARTS) is 1. The van der Waals surface area contributed by atoms with Crippen LogP contribution in [0.15, 0.2) is 36.4 Å². The van der Waals surface area contributed by atoms with Crippen LogP contribution in [0.25, 0.3) is 10.8 Å². The SMILES string of the molecule is O=C(O)N1CCC(N2CCCCC2)CC1c1ccc2cc(F)ccc2c1. The number of amides is 1. The first-order valence-electron chi connectivity index (χ1n) is 9.54. The van der Waals surface area contributed by atoms with Crippen LogP contribution in [-0.2, 0) is 0 Å². The quantitative estimate of drug-likeness (QED) is 0.852. The van der Waals surface area contributed by atoms with Crippen molar-refractivity contribution in [3.63, 3.8) is 0 Å². The molecule has 1 amide bonds. The summed E-state index contributed by atoms with van der Waals surface area (Å²) in [5.41, 5.74) is 1.01. The van der Waals surface area contributed by atoms with Crippen molar-refractivity contribution >= 4 is 16.9 Å². The van der Waals surface area contributed by atoms with E-state index < -0.39 is 6.09 Å². The van der Waals surface area contributed by atoms with Crippen LogP contribution in [0, 0.1) is 5.82 Å². The summed E-state index contributed by atoms with van der Waals surface area (Å²) in [7, 11) is 0. The van der Waals surface area contributed by atoms with Gasteiger partial charge < -0.3 is 14.9 Å². The Morgan fingerprint density at radius 3 is 2.50 bits per heavy atom. The number of likely N-dealkylation sites (tertiary alicyclic amines) is 2. The second-order valence-corrected chi connectivity index (χ2v) is 7.52. The molecule has 2 aromatic rings. The molecule has 2 saturated heterocycles. The highest BCUT2D eigenvalue weighted by Gasteiger charge is 2.35. The van der Waals surface area contributed by atoms with Gasteiger partial charge in [-0.05, 0) is 73.3 Å². The number of carbonyl (C=O) groups is 1. The Kier molecular flexibility index (Phi) is 4.81. The molecule has 4 rings (SSSR count). The second-order valence-electron chi connectivity index (χ2n) is 7.52. The van der Waals surface area contributed by atoms with Crippen molar-refractivity contribution in [1.82, 2.24) is 9.80 Å². The number of halogens is 1. The maximum absolute atomic E-state index is 13.4. The van der Waals surface area contributed by atoms with E-state index in [4.69, 9.17) is 0 Å². The molecule has 0 aliphatic carbocycles. The first-order chi connectivity index (χ1) is 12.6. The number of rotatable bonds is 2. The topological polar surface area (TPSA) is 43.8 Å². The van der Waals surface area contributed by atoms with Gasteiger partial charge in [-0.1, -0.05) is 24.6 Å². The molecule has 2 aromatic carbocycles. The zero-order chi connectivity index (χ0) is 18.1. The Morgan fingerprint density at radius 2 is 1.73 bits per heavy atom. The third-order valence-electron chi connectivity index (χ3n) is 5.94. The van der Waals surface area contributed by atoms with Gasteiger partial charge in [0.1, 0.15) is 5.82 Å². The number of hydrogen-bond donors (Lipinski definition) is 1. The van der Waals surface area contributed by atoms with Crippen LogP contribution in [0.2, 0.25) is 0 Å². The minimum Gasteiger partial charge on any atom is -0.465 e. The van der Waals surface area contributed by atoms with Gasteiger partial charge in [-0.15, -0.1) is 0 Å². The molecule has 2 heterocycles. The maximum atomic E-state index is 13.4. The monoisotopic (exact) mass is 356 g/mol. The Balaban J connectivity index is 1.63. The molecule has 2 aliphatic rings. The molecule has 0 radical (unpaired) electrons. The molecular weight excluding hydrogens is 331 g/mol. The molecule has 0 aromatic heterocycles. The first kappa shape index (κ1) is 17.3. The van der Waals surface area contributed by atoms with Crippen LogP contribution < -0.4 is 0 Å².